The molecule has 0 aromatic heterocycles. The van der Waals surface area contributed by atoms with Crippen LogP contribution in [0.15, 0.2) is 29.3 Å². The first-order valence-electron chi connectivity index (χ1n) is 9.06. The maximum absolute atomic E-state index is 4.73. The van der Waals surface area contributed by atoms with Crippen LogP contribution in [0, 0.1) is 12.8 Å². The molecule has 0 bridgehead atoms. The molecule has 0 radical (unpaired) electrons. The van der Waals surface area contributed by atoms with Crippen LogP contribution in [-0.4, -0.2) is 43.1 Å². The summed E-state index contributed by atoms with van der Waals surface area (Å²) in [6, 6.07) is 9.49. The normalized spacial score (nSPS) is 22.3. The molecule has 2 N–H and O–H groups in total. The lowest BCUT2D eigenvalue weighted by Gasteiger charge is -2.17. The van der Waals surface area contributed by atoms with E-state index < -0.39 is 0 Å². The van der Waals surface area contributed by atoms with Gasteiger partial charge >= 0.3 is 0 Å². The Labute approximate surface area is 140 Å². The summed E-state index contributed by atoms with van der Waals surface area (Å²) in [5.74, 6) is 1.71. The molecule has 1 heterocycles. The number of benzene rings is 1. The molecule has 1 saturated heterocycles. The van der Waals surface area contributed by atoms with Crippen molar-refractivity contribution in [3.05, 3.63) is 35.4 Å². The molecule has 3 rings (SSSR count). The smallest absolute Gasteiger partial charge is 0.191 e. The zero-order chi connectivity index (χ0) is 16.1. The van der Waals surface area contributed by atoms with E-state index in [4.69, 9.17) is 4.99 Å². The molecule has 0 spiro atoms. The molecule has 2 fully saturated rings. The van der Waals surface area contributed by atoms with Gasteiger partial charge in [0.05, 0.1) is 6.54 Å². The van der Waals surface area contributed by atoms with E-state index in [1.165, 1.54) is 43.5 Å². The fraction of sp³-hybridized carbons (Fsp3) is 0.632. The number of guanidine groups is 1. The van der Waals surface area contributed by atoms with Crippen LogP contribution in [0.2, 0.25) is 0 Å². The van der Waals surface area contributed by atoms with Gasteiger partial charge in [0.2, 0.25) is 0 Å². The van der Waals surface area contributed by atoms with Gasteiger partial charge in [0.15, 0.2) is 5.96 Å². The maximum atomic E-state index is 4.73. The molecule has 4 nitrogen and oxygen atoms in total. The van der Waals surface area contributed by atoms with Gasteiger partial charge in [-0.2, -0.15) is 0 Å². The second-order valence-corrected chi connectivity index (χ2v) is 6.95. The van der Waals surface area contributed by atoms with Crippen molar-refractivity contribution in [2.24, 2.45) is 10.9 Å². The fourth-order valence-corrected chi connectivity index (χ4v) is 3.36. The Morgan fingerprint density at radius 1 is 1.26 bits per heavy atom. The predicted octanol–water partition coefficient (Wildman–Crippen LogP) is 2.53. The Morgan fingerprint density at radius 3 is 2.87 bits per heavy atom. The first-order valence-corrected chi connectivity index (χ1v) is 9.06. The molecule has 1 atom stereocenters. The van der Waals surface area contributed by atoms with Crippen LogP contribution < -0.4 is 10.6 Å². The van der Waals surface area contributed by atoms with E-state index in [0.29, 0.717) is 0 Å². The molecule has 126 valence electrons. The van der Waals surface area contributed by atoms with E-state index >= 15 is 0 Å². The highest BCUT2D eigenvalue weighted by Gasteiger charge is 2.34. The molecular formula is C19H30N4. The molecule has 2 aliphatic rings. The highest BCUT2D eigenvalue weighted by molar-refractivity contribution is 5.79. The number of nitrogens with one attached hydrogen (secondary N) is 2. The van der Waals surface area contributed by atoms with Gasteiger partial charge in [-0.1, -0.05) is 29.8 Å². The first-order chi connectivity index (χ1) is 11.2. The van der Waals surface area contributed by atoms with Gasteiger partial charge in [0.25, 0.3) is 0 Å². The lowest BCUT2D eigenvalue weighted by molar-refractivity contribution is 0.314. The van der Waals surface area contributed by atoms with Crippen LogP contribution in [0.1, 0.15) is 37.3 Å². The van der Waals surface area contributed by atoms with Gasteiger partial charge in [0.1, 0.15) is 0 Å². The molecule has 1 aliphatic heterocycles. The van der Waals surface area contributed by atoms with Crippen molar-refractivity contribution >= 4 is 5.96 Å². The standard InChI is InChI=1S/C19H30N4/c1-3-20-19(21-12-16-6-4-5-15(2)11-16)22-13-17-9-10-23(14-17)18-7-8-18/h4-6,11,17-18H,3,7-10,12-14H2,1-2H3,(H2,20,21,22). The van der Waals surface area contributed by atoms with E-state index in [1.54, 1.807) is 0 Å². The van der Waals surface area contributed by atoms with Crippen LogP contribution >= 0.6 is 0 Å². The number of hydrogen-bond acceptors (Lipinski definition) is 2. The molecule has 0 amide bonds. The van der Waals surface area contributed by atoms with E-state index in [0.717, 1.165) is 37.6 Å². The predicted molar refractivity (Wildman–Crippen MR) is 96.7 cm³/mol. The molecule has 1 saturated carbocycles. The SMILES string of the molecule is CCNC(=NCc1cccc(C)c1)NCC1CCN(C2CC2)C1. The summed E-state index contributed by atoms with van der Waals surface area (Å²) in [6.07, 6.45) is 4.16. The summed E-state index contributed by atoms with van der Waals surface area (Å²) in [5, 5.41) is 6.90. The molecule has 1 aliphatic carbocycles. The zero-order valence-electron chi connectivity index (χ0n) is 14.5. The van der Waals surface area contributed by atoms with Crippen molar-refractivity contribution in [2.45, 2.75) is 45.7 Å². The second-order valence-electron chi connectivity index (χ2n) is 6.95. The Morgan fingerprint density at radius 2 is 2.13 bits per heavy atom. The third kappa shape index (κ3) is 4.96. The maximum Gasteiger partial charge on any atom is 0.191 e. The molecule has 1 unspecified atom stereocenters. The van der Waals surface area contributed by atoms with E-state index in [-0.39, 0.29) is 0 Å². The van der Waals surface area contributed by atoms with Crippen molar-refractivity contribution in [1.82, 2.24) is 15.5 Å². The van der Waals surface area contributed by atoms with Gasteiger partial charge in [0, 0.05) is 25.7 Å². The minimum Gasteiger partial charge on any atom is -0.357 e. The van der Waals surface area contributed by atoms with Crippen LogP contribution in [0.5, 0.6) is 0 Å². The van der Waals surface area contributed by atoms with Crippen LogP contribution in [0.25, 0.3) is 0 Å². The fourth-order valence-electron chi connectivity index (χ4n) is 3.36. The van der Waals surface area contributed by atoms with Crippen molar-refractivity contribution in [2.75, 3.05) is 26.2 Å². The van der Waals surface area contributed by atoms with Crippen molar-refractivity contribution in [3.8, 4) is 0 Å². The van der Waals surface area contributed by atoms with Gasteiger partial charge in [-0.15, -0.1) is 0 Å². The Kier molecular flexibility index (Phi) is 5.55. The van der Waals surface area contributed by atoms with Crippen LogP contribution in [-0.2, 0) is 6.54 Å². The molecule has 4 heteroatoms. The molecule has 23 heavy (non-hydrogen) atoms. The third-order valence-corrected chi connectivity index (χ3v) is 4.79. The monoisotopic (exact) mass is 314 g/mol. The third-order valence-electron chi connectivity index (χ3n) is 4.79. The minimum absolute atomic E-state index is 0.732. The lowest BCUT2D eigenvalue weighted by atomic mass is 10.1. The largest absolute Gasteiger partial charge is 0.357 e. The van der Waals surface area contributed by atoms with Crippen molar-refractivity contribution in [1.29, 1.82) is 0 Å². The van der Waals surface area contributed by atoms with Crippen LogP contribution in [0.4, 0.5) is 0 Å². The summed E-state index contributed by atoms with van der Waals surface area (Å²) in [6.45, 7) is 9.46. The summed E-state index contributed by atoms with van der Waals surface area (Å²) < 4.78 is 0. The highest BCUT2D eigenvalue weighted by Crippen LogP contribution is 2.31. The summed E-state index contributed by atoms with van der Waals surface area (Å²) in [4.78, 5) is 7.40. The highest BCUT2D eigenvalue weighted by atomic mass is 15.2. The van der Waals surface area contributed by atoms with E-state index in [1.807, 2.05) is 0 Å². The average Bonchev–Trinajstić information content (AvgIpc) is 3.29. The summed E-state index contributed by atoms with van der Waals surface area (Å²) in [7, 11) is 0. The molecule has 1 aromatic carbocycles. The number of rotatable bonds is 6. The van der Waals surface area contributed by atoms with Crippen LogP contribution in [0.3, 0.4) is 0 Å². The number of aliphatic imine (C=N–C) groups is 1. The van der Waals surface area contributed by atoms with E-state index in [2.05, 4.69) is 53.6 Å². The van der Waals surface area contributed by atoms with Gasteiger partial charge in [-0.3, -0.25) is 0 Å². The topological polar surface area (TPSA) is 39.7 Å². The Bertz CT molecular complexity index is 536. The Balaban J connectivity index is 1.48. The van der Waals surface area contributed by atoms with Crippen molar-refractivity contribution in [3.63, 3.8) is 0 Å². The number of likely N-dealkylation sites (tertiary alicyclic amines) is 1. The molecular weight excluding hydrogens is 284 g/mol. The molecule has 1 aromatic rings. The zero-order valence-corrected chi connectivity index (χ0v) is 14.5. The lowest BCUT2D eigenvalue weighted by Crippen LogP contribution is -2.40. The second kappa shape index (κ2) is 7.82. The summed E-state index contributed by atoms with van der Waals surface area (Å²) >= 11 is 0. The van der Waals surface area contributed by atoms with Gasteiger partial charge in [-0.25, -0.2) is 4.99 Å². The number of nitrogens with zero attached hydrogens (tertiary/aromatic N) is 2. The summed E-state index contributed by atoms with van der Waals surface area (Å²) in [5.41, 5.74) is 2.56. The van der Waals surface area contributed by atoms with E-state index in [9.17, 15) is 0 Å². The quantitative estimate of drug-likeness (QED) is 0.626. The van der Waals surface area contributed by atoms with Gasteiger partial charge in [-0.05, 0) is 51.1 Å². The average molecular weight is 314 g/mol. The minimum atomic E-state index is 0.732. The number of aryl methyl sites for hydroxylation is 1. The van der Waals surface area contributed by atoms with Gasteiger partial charge < -0.3 is 15.5 Å². The van der Waals surface area contributed by atoms with Crippen molar-refractivity contribution < 1.29 is 0 Å². The Hall–Kier alpha value is -1.55. The number of hydrogen-bond donors (Lipinski definition) is 2. The first kappa shape index (κ1) is 16.3.